The number of carboxylic acids is 1. The molecule has 1 aromatic heterocycles. The molecule has 0 saturated carbocycles. The highest BCUT2D eigenvalue weighted by molar-refractivity contribution is 5.84. The van der Waals surface area contributed by atoms with Crippen molar-refractivity contribution in [1.82, 2.24) is 9.97 Å². The fourth-order valence-electron chi connectivity index (χ4n) is 1.73. The van der Waals surface area contributed by atoms with Gasteiger partial charge in [0.15, 0.2) is 5.69 Å². The van der Waals surface area contributed by atoms with E-state index in [-0.39, 0.29) is 5.69 Å². The first-order valence-corrected chi connectivity index (χ1v) is 5.62. The first-order chi connectivity index (χ1) is 8.25. The average molecular weight is 237 g/mol. The summed E-state index contributed by atoms with van der Waals surface area (Å²) < 4.78 is 5.27. The van der Waals surface area contributed by atoms with Gasteiger partial charge in [-0.3, -0.25) is 0 Å². The number of hydrogen-bond acceptors (Lipinski definition) is 5. The lowest BCUT2D eigenvalue weighted by molar-refractivity contribution is 0.0688. The van der Waals surface area contributed by atoms with Gasteiger partial charge in [-0.1, -0.05) is 0 Å². The standard InChI is InChI=1S/C11H15N3O3/c15-11(16)9-6-14-10(7-12-9)13-5-8-1-3-17-4-2-8/h6-8H,1-5H2,(H,13,14)(H,15,16). The van der Waals surface area contributed by atoms with E-state index in [9.17, 15) is 4.79 Å². The van der Waals surface area contributed by atoms with Crippen LogP contribution in [-0.2, 0) is 4.74 Å². The molecular formula is C11H15N3O3. The maximum atomic E-state index is 10.6. The number of anilines is 1. The topological polar surface area (TPSA) is 84.3 Å². The van der Waals surface area contributed by atoms with E-state index in [1.54, 1.807) is 0 Å². The van der Waals surface area contributed by atoms with Gasteiger partial charge in [-0.05, 0) is 18.8 Å². The lowest BCUT2D eigenvalue weighted by atomic mass is 10.0. The van der Waals surface area contributed by atoms with Crippen LogP contribution in [-0.4, -0.2) is 40.8 Å². The van der Waals surface area contributed by atoms with Crippen LogP contribution in [0.25, 0.3) is 0 Å². The minimum atomic E-state index is -1.06. The SMILES string of the molecule is O=C(O)c1cnc(NCC2CCOCC2)cn1. The lowest BCUT2D eigenvalue weighted by Gasteiger charge is -2.22. The predicted octanol–water partition coefficient (Wildman–Crippen LogP) is 1.01. The minimum Gasteiger partial charge on any atom is -0.476 e. The van der Waals surface area contributed by atoms with Gasteiger partial charge in [0.25, 0.3) is 0 Å². The van der Waals surface area contributed by atoms with Gasteiger partial charge in [-0.25, -0.2) is 14.8 Å². The van der Waals surface area contributed by atoms with Crippen molar-refractivity contribution in [2.45, 2.75) is 12.8 Å². The number of carboxylic acid groups (broad SMARTS) is 1. The molecule has 2 rings (SSSR count). The molecule has 2 heterocycles. The molecule has 92 valence electrons. The maximum Gasteiger partial charge on any atom is 0.356 e. The zero-order chi connectivity index (χ0) is 12.1. The summed E-state index contributed by atoms with van der Waals surface area (Å²) in [7, 11) is 0. The van der Waals surface area contributed by atoms with Crippen molar-refractivity contribution in [3.05, 3.63) is 18.1 Å². The third kappa shape index (κ3) is 3.39. The smallest absolute Gasteiger partial charge is 0.356 e. The molecule has 1 aliphatic heterocycles. The fourth-order valence-corrected chi connectivity index (χ4v) is 1.73. The summed E-state index contributed by atoms with van der Waals surface area (Å²) in [5, 5.41) is 11.8. The quantitative estimate of drug-likeness (QED) is 0.813. The van der Waals surface area contributed by atoms with Crippen molar-refractivity contribution >= 4 is 11.8 Å². The summed E-state index contributed by atoms with van der Waals surface area (Å²) in [4.78, 5) is 18.4. The Bertz CT molecular complexity index is 374. The number of aromatic carboxylic acids is 1. The van der Waals surface area contributed by atoms with Crippen LogP contribution in [0.3, 0.4) is 0 Å². The highest BCUT2D eigenvalue weighted by Gasteiger charge is 2.13. The van der Waals surface area contributed by atoms with Crippen LogP contribution in [0, 0.1) is 5.92 Å². The summed E-state index contributed by atoms with van der Waals surface area (Å²) in [5.41, 5.74) is -0.0402. The minimum absolute atomic E-state index is 0.0402. The Morgan fingerprint density at radius 2 is 2.18 bits per heavy atom. The molecule has 2 N–H and O–H groups in total. The van der Waals surface area contributed by atoms with Gasteiger partial charge in [0.2, 0.25) is 0 Å². The third-order valence-electron chi connectivity index (χ3n) is 2.78. The molecule has 0 amide bonds. The highest BCUT2D eigenvalue weighted by atomic mass is 16.5. The number of hydrogen-bond donors (Lipinski definition) is 2. The Morgan fingerprint density at radius 3 is 2.76 bits per heavy atom. The number of nitrogens with zero attached hydrogens (tertiary/aromatic N) is 2. The number of carbonyl (C=O) groups is 1. The number of ether oxygens (including phenoxy) is 1. The van der Waals surface area contributed by atoms with Crippen molar-refractivity contribution < 1.29 is 14.6 Å². The molecule has 1 fully saturated rings. The summed E-state index contributed by atoms with van der Waals surface area (Å²) >= 11 is 0. The number of nitrogens with one attached hydrogen (secondary N) is 1. The second kappa shape index (κ2) is 5.58. The Kier molecular flexibility index (Phi) is 3.87. The summed E-state index contributed by atoms with van der Waals surface area (Å²) in [5.74, 6) is 0.139. The maximum absolute atomic E-state index is 10.6. The van der Waals surface area contributed by atoms with E-state index >= 15 is 0 Å². The van der Waals surface area contributed by atoms with Gasteiger partial charge >= 0.3 is 5.97 Å². The van der Waals surface area contributed by atoms with Crippen LogP contribution >= 0.6 is 0 Å². The summed E-state index contributed by atoms with van der Waals surface area (Å²) in [6.07, 6.45) is 4.80. The summed E-state index contributed by atoms with van der Waals surface area (Å²) in [6, 6.07) is 0. The van der Waals surface area contributed by atoms with Crippen LogP contribution in [0.15, 0.2) is 12.4 Å². The molecule has 0 unspecified atom stereocenters. The second-order valence-electron chi connectivity index (χ2n) is 4.03. The van der Waals surface area contributed by atoms with E-state index in [2.05, 4.69) is 15.3 Å². The van der Waals surface area contributed by atoms with Crippen molar-refractivity contribution in [1.29, 1.82) is 0 Å². The van der Waals surface area contributed by atoms with Crippen LogP contribution in [0.1, 0.15) is 23.3 Å². The number of rotatable bonds is 4. The molecule has 0 atom stereocenters. The largest absolute Gasteiger partial charge is 0.476 e. The molecule has 0 bridgehead atoms. The molecule has 0 aromatic carbocycles. The summed E-state index contributed by atoms with van der Waals surface area (Å²) in [6.45, 7) is 2.45. The zero-order valence-corrected chi connectivity index (χ0v) is 9.43. The molecule has 17 heavy (non-hydrogen) atoms. The number of aromatic nitrogens is 2. The third-order valence-corrected chi connectivity index (χ3v) is 2.78. The van der Waals surface area contributed by atoms with Gasteiger partial charge in [-0.15, -0.1) is 0 Å². The Labute approximate surface area is 99.0 Å². The first kappa shape index (κ1) is 11.8. The van der Waals surface area contributed by atoms with E-state index in [0.29, 0.717) is 11.7 Å². The monoisotopic (exact) mass is 237 g/mol. The van der Waals surface area contributed by atoms with E-state index in [1.807, 2.05) is 0 Å². The Morgan fingerprint density at radius 1 is 1.41 bits per heavy atom. The van der Waals surface area contributed by atoms with Gasteiger partial charge in [0, 0.05) is 19.8 Å². The molecule has 6 heteroatoms. The molecular weight excluding hydrogens is 222 g/mol. The molecule has 0 aliphatic carbocycles. The van der Waals surface area contributed by atoms with Gasteiger partial charge in [0.05, 0.1) is 12.4 Å². The van der Waals surface area contributed by atoms with Gasteiger partial charge in [0.1, 0.15) is 5.82 Å². The van der Waals surface area contributed by atoms with Crippen LogP contribution < -0.4 is 5.32 Å². The fraction of sp³-hybridized carbons (Fsp3) is 0.545. The van der Waals surface area contributed by atoms with Gasteiger partial charge < -0.3 is 15.2 Å². The van der Waals surface area contributed by atoms with Crippen LogP contribution in [0.2, 0.25) is 0 Å². The zero-order valence-electron chi connectivity index (χ0n) is 9.43. The Balaban J connectivity index is 1.84. The molecule has 1 aliphatic rings. The average Bonchev–Trinajstić information content (AvgIpc) is 2.38. The lowest BCUT2D eigenvalue weighted by Crippen LogP contribution is -2.23. The molecule has 0 radical (unpaired) electrons. The van der Waals surface area contributed by atoms with Crippen molar-refractivity contribution in [2.24, 2.45) is 5.92 Å². The van der Waals surface area contributed by atoms with E-state index in [1.165, 1.54) is 12.4 Å². The van der Waals surface area contributed by atoms with E-state index in [0.717, 1.165) is 32.6 Å². The normalized spacial score (nSPS) is 16.7. The predicted molar refractivity (Wildman–Crippen MR) is 61.0 cm³/mol. The van der Waals surface area contributed by atoms with Crippen molar-refractivity contribution in [3.8, 4) is 0 Å². The molecule has 1 saturated heterocycles. The van der Waals surface area contributed by atoms with Crippen molar-refractivity contribution in [2.75, 3.05) is 25.1 Å². The molecule has 6 nitrogen and oxygen atoms in total. The van der Waals surface area contributed by atoms with E-state index < -0.39 is 5.97 Å². The van der Waals surface area contributed by atoms with Crippen LogP contribution in [0.5, 0.6) is 0 Å². The second-order valence-corrected chi connectivity index (χ2v) is 4.03. The van der Waals surface area contributed by atoms with E-state index in [4.69, 9.17) is 9.84 Å². The molecule has 0 spiro atoms. The van der Waals surface area contributed by atoms with Gasteiger partial charge in [-0.2, -0.15) is 0 Å². The molecule has 1 aromatic rings. The first-order valence-electron chi connectivity index (χ1n) is 5.62. The van der Waals surface area contributed by atoms with Crippen molar-refractivity contribution in [3.63, 3.8) is 0 Å². The highest BCUT2D eigenvalue weighted by Crippen LogP contribution is 2.15. The Hall–Kier alpha value is -1.69. The van der Waals surface area contributed by atoms with Crippen LogP contribution in [0.4, 0.5) is 5.82 Å².